The number of nitrogens with zero attached hydrogens (tertiary/aromatic N) is 2. The van der Waals surface area contributed by atoms with Crippen LogP contribution in [0.5, 0.6) is 0 Å². The van der Waals surface area contributed by atoms with Crippen LogP contribution >= 0.6 is 0 Å². The van der Waals surface area contributed by atoms with E-state index in [9.17, 15) is 13.2 Å². The van der Waals surface area contributed by atoms with Crippen LogP contribution in [0.3, 0.4) is 0 Å². The van der Waals surface area contributed by atoms with E-state index in [1.807, 2.05) is 6.07 Å². The number of nitrogens with one attached hydrogen (secondary N) is 1. The number of aliphatic imine (C=N–C) groups is 1. The van der Waals surface area contributed by atoms with Crippen molar-refractivity contribution in [3.05, 3.63) is 36.4 Å². The third-order valence-corrected chi connectivity index (χ3v) is 7.30. The molecule has 1 atom stereocenters. The standard InChI is InChI=1S/C21H30N6O3S/c22-18(7-5-11-25-21(23)24)20(28)26-16-9-10-17-15(14-16)6-4-8-19(17)31(29,30)27-12-2-1-3-13-27/h4,6,8-10,14,18H,1-3,5,7,11-13,22H2,(H,26,28)(H4,23,24,25)/t18-/m1/s1. The Morgan fingerprint density at radius 3 is 2.58 bits per heavy atom. The summed E-state index contributed by atoms with van der Waals surface area (Å²) in [4.78, 5) is 16.5. The van der Waals surface area contributed by atoms with Crippen molar-refractivity contribution < 1.29 is 13.2 Å². The van der Waals surface area contributed by atoms with Gasteiger partial charge in [-0.15, -0.1) is 0 Å². The quantitative estimate of drug-likeness (QED) is 0.272. The van der Waals surface area contributed by atoms with Gasteiger partial charge in [0.1, 0.15) is 0 Å². The molecule has 0 aliphatic carbocycles. The van der Waals surface area contributed by atoms with Crippen molar-refractivity contribution in [2.75, 3.05) is 25.0 Å². The lowest BCUT2D eigenvalue weighted by Crippen LogP contribution is -2.36. The Bertz CT molecular complexity index is 1060. The molecule has 2 aromatic rings. The topological polar surface area (TPSA) is 157 Å². The fourth-order valence-corrected chi connectivity index (χ4v) is 5.42. The number of carbonyl (C=O) groups is 1. The van der Waals surface area contributed by atoms with Crippen molar-refractivity contribution in [1.29, 1.82) is 0 Å². The molecule has 10 heteroatoms. The average Bonchev–Trinajstić information content (AvgIpc) is 2.76. The van der Waals surface area contributed by atoms with Crippen LogP contribution in [0, 0.1) is 0 Å². The molecule has 3 rings (SSSR count). The maximum absolute atomic E-state index is 13.1. The first-order valence-corrected chi connectivity index (χ1v) is 11.9. The largest absolute Gasteiger partial charge is 0.370 e. The summed E-state index contributed by atoms with van der Waals surface area (Å²) in [5.41, 5.74) is 17.1. The number of sulfonamides is 1. The fourth-order valence-electron chi connectivity index (χ4n) is 3.69. The van der Waals surface area contributed by atoms with Gasteiger partial charge >= 0.3 is 0 Å². The van der Waals surface area contributed by atoms with Crippen LogP contribution in [0.4, 0.5) is 5.69 Å². The summed E-state index contributed by atoms with van der Waals surface area (Å²) >= 11 is 0. The number of benzene rings is 2. The Hall–Kier alpha value is -2.69. The van der Waals surface area contributed by atoms with Gasteiger partial charge in [-0.25, -0.2) is 8.42 Å². The molecule has 0 spiro atoms. The molecule has 168 valence electrons. The van der Waals surface area contributed by atoms with E-state index in [0.717, 1.165) is 24.6 Å². The highest BCUT2D eigenvalue weighted by molar-refractivity contribution is 7.89. The van der Waals surface area contributed by atoms with Gasteiger partial charge in [0.2, 0.25) is 15.9 Å². The van der Waals surface area contributed by atoms with Gasteiger partial charge in [0.15, 0.2) is 5.96 Å². The van der Waals surface area contributed by atoms with Crippen LogP contribution < -0.4 is 22.5 Å². The molecule has 1 heterocycles. The third-order valence-electron chi connectivity index (χ3n) is 5.35. The highest BCUT2D eigenvalue weighted by atomic mass is 32.2. The molecule has 9 nitrogen and oxygen atoms in total. The van der Waals surface area contributed by atoms with Gasteiger partial charge in [-0.2, -0.15) is 4.31 Å². The molecule has 1 aliphatic heterocycles. The second-order valence-electron chi connectivity index (χ2n) is 7.70. The summed E-state index contributed by atoms with van der Waals surface area (Å²) in [5.74, 6) is -0.308. The molecule has 1 saturated heterocycles. The van der Waals surface area contributed by atoms with E-state index >= 15 is 0 Å². The predicted molar refractivity (Wildman–Crippen MR) is 123 cm³/mol. The number of rotatable bonds is 8. The monoisotopic (exact) mass is 446 g/mol. The Morgan fingerprint density at radius 2 is 1.87 bits per heavy atom. The van der Waals surface area contributed by atoms with Crippen molar-refractivity contribution in [2.45, 2.75) is 43.0 Å². The zero-order valence-electron chi connectivity index (χ0n) is 17.5. The van der Waals surface area contributed by atoms with E-state index in [1.165, 1.54) is 0 Å². The average molecular weight is 447 g/mol. The molecule has 31 heavy (non-hydrogen) atoms. The Morgan fingerprint density at radius 1 is 1.13 bits per heavy atom. The number of nitrogens with two attached hydrogens (primary N) is 3. The Labute approximate surface area is 182 Å². The first kappa shape index (κ1) is 23.0. The lowest BCUT2D eigenvalue weighted by atomic mass is 10.1. The van der Waals surface area contributed by atoms with E-state index in [-0.39, 0.29) is 11.9 Å². The van der Waals surface area contributed by atoms with E-state index in [2.05, 4.69) is 10.3 Å². The van der Waals surface area contributed by atoms with E-state index in [1.54, 1.807) is 34.6 Å². The summed E-state index contributed by atoms with van der Waals surface area (Å²) in [6.45, 7) is 1.51. The lowest BCUT2D eigenvalue weighted by molar-refractivity contribution is -0.117. The van der Waals surface area contributed by atoms with Crippen molar-refractivity contribution >= 4 is 38.3 Å². The van der Waals surface area contributed by atoms with Crippen LogP contribution in [0.15, 0.2) is 46.3 Å². The van der Waals surface area contributed by atoms with E-state index in [4.69, 9.17) is 17.2 Å². The maximum Gasteiger partial charge on any atom is 0.243 e. The SMILES string of the molecule is NC(N)=NCCC[C@@H](N)C(=O)Nc1ccc2c(S(=O)(=O)N3CCCCC3)cccc2c1. The van der Waals surface area contributed by atoms with Crippen LogP contribution in [0.1, 0.15) is 32.1 Å². The maximum atomic E-state index is 13.1. The fraction of sp³-hybridized carbons (Fsp3) is 0.429. The number of hydrogen-bond acceptors (Lipinski definition) is 5. The highest BCUT2D eigenvalue weighted by Gasteiger charge is 2.27. The zero-order chi connectivity index (χ0) is 22.4. The second kappa shape index (κ2) is 10.1. The third kappa shape index (κ3) is 5.72. The van der Waals surface area contributed by atoms with E-state index < -0.39 is 16.1 Å². The number of hydrogen-bond donors (Lipinski definition) is 4. The van der Waals surface area contributed by atoms with Crippen molar-refractivity contribution in [3.8, 4) is 0 Å². The van der Waals surface area contributed by atoms with Crippen LogP contribution in [-0.4, -0.2) is 50.3 Å². The van der Waals surface area contributed by atoms with Gasteiger partial charge in [-0.1, -0.05) is 24.6 Å². The van der Waals surface area contributed by atoms with Gasteiger partial charge in [-0.05, 0) is 49.3 Å². The summed E-state index contributed by atoms with van der Waals surface area (Å²) in [5, 5.41) is 4.16. The zero-order valence-corrected chi connectivity index (χ0v) is 18.3. The van der Waals surface area contributed by atoms with E-state index in [0.29, 0.717) is 48.4 Å². The minimum Gasteiger partial charge on any atom is -0.370 e. The van der Waals surface area contributed by atoms with Crippen molar-refractivity contribution in [2.24, 2.45) is 22.2 Å². The summed E-state index contributed by atoms with van der Waals surface area (Å²) in [6.07, 6.45) is 3.84. The molecule has 2 aromatic carbocycles. The van der Waals surface area contributed by atoms with Gasteiger partial charge in [0.25, 0.3) is 0 Å². The number of piperidine rings is 1. The smallest absolute Gasteiger partial charge is 0.243 e. The molecule has 1 fully saturated rings. The normalized spacial score (nSPS) is 16.0. The summed E-state index contributed by atoms with van der Waals surface area (Å²) < 4.78 is 27.8. The van der Waals surface area contributed by atoms with Gasteiger partial charge in [0, 0.05) is 30.7 Å². The molecule has 7 N–H and O–H groups in total. The molecule has 0 saturated carbocycles. The number of fused-ring (bicyclic) bond motifs is 1. The Balaban J connectivity index is 1.73. The summed E-state index contributed by atoms with van der Waals surface area (Å²) in [7, 11) is -3.56. The molecule has 0 radical (unpaired) electrons. The Kier molecular flexibility index (Phi) is 7.47. The first-order valence-electron chi connectivity index (χ1n) is 10.4. The number of amides is 1. The minimum atomic E-state index is -3.56. The highest BCUT2D eigenvalue weighted by Crippen LogP contribution is 2.29. The van der Waals surface area contributed by atoms with Crippen LogP contribution in [0.25, 0.3) is 10.8 Å². The van der Waals surface area contributed by atoms with Gasteiger partial charge in [-0.3, -0.25) is 9.79 Å². The van der Waals surface area contributed by atoms with Crippen LogP contribution in [-0.2, 0) is 14.8 Å². The van der Waals surface area contributed by atoms with Crippen LogP contribution in [0.2, 0.25) is 0 Å². The van der Waals surface area contributed by atoms with Crippen molar-refractivity contribution in [3.63, 3.8) is 0 Å². The molecule has 0 aromatic heterocycles. The molecule has 0 unspecified atom stereocenters. The molecule has 0 bridgehead atoms. The van der Waals surface area contributed by atoms with Gasteiger partial charge in [0.05, 0.1) is 10.9 Å². The predicted octanol–water partition coefficient (Wildman–Crippen LogP) is 1.33. The minimum absolute atomic E-state index is 0.0101. The van der Waals surface area contributed by atoms with Crippen molar-refractivity contribution in [1.82, 2.24) is 4.31 Å². The number of carbonyl (C=O) groups excluding carboxylic acids is 1. The molecular formula is C21H30N6O3S. The first-order chi connectivity index (χ1) is 14.8. The number of anilines is 1. The summed E-state index contributed by atoms with van der Waals surface area (Å²) in [6, 6.07) is 9.67. The number of guanidine groups is 1. The lowest BCUT2D eigenvalue weighted by Gasteiger charge is -2.26. The molecule has 1 amide bonds. The molecular weight excluding hydrogens is 416 g/mol. The molecule has 1 aliphatic rings. The second-order valence-corrected chi connectivity index (χ2v) is 9.61. The van der Waals surface area contributed by atoms with Gasteiger partial charge < -0.3 is 22.5 Å².